The van der Waals surface area contributed by atoms with E-state index < -0.39 is 0 Å². The second-order valence-corrected chi connectivity index (χ2v) is 5.62. The summed E-state index contributed by atoms with van der Waals surface area (Å²) in [7, 11) is 1.68. The van der Waals surface area contributed by atoms with Crippen LogP contribution < -0.4 is 14.8 Å². The van der Waals surface area contributed by atoms with Gasteiger partial charge in [0.25, 0.3) is 0 Å². The second kappa shape index (κ2) is 9.10. The number of hydrogen-bond acceptors (Lipinski definition) is 4. The van der Waals surface area contributed by atoms with Crippen LogP contribution in [0.1, 0.15) is 32.4 Å². The number of nitrogens with one attached hydrogen (secondary N) is 1. The van der Waals surface area contributed by atoms with Gasteiger partial charge in [-0.25, -0.2) is 0 Å². The SMILES string of the molecule is CCNC(C)c1ccc(OC)cc1OCCSCC. The van der Waals surface area contributed by atoms with Crippen molar-refractivity contribution in [3.8, 4) is 11.5 Å². The standard InChI is InChI=1S/C15H25NO2S/c1-5-16-12(3)14-8-7-13(17-4)11-15(14)18-9-10-19-6-2/h7-8,11-12,16H,5-6,9-10H2,1-4H3. The van der Waals surface area contributed by atoms with Crippen LogP contribution in [-0.4, -0.2) is 31.8 Å². The van der Waals surface area contributed by atoms with Crippen molar-refractivity contribution in [2.45, 2.75) is 26.8 Å². The van der Waals surface area contributed by atoms with Crippen LogP contribution in [0.2, 0.25) is 0 Å². The van der Waals surface area contributed by atoms with Crippen LogP contribution in [0, 0.1) is 0 Å². The van der Waals surface area contributed by atoms with Crippen molar-refractivity contribution in [3.63, 3.8) is 0 Å². The largest absolute Gasteiger partial charge is 0.497 e. The monoisotopic (exact) mass is 283 g/mol. The predicted octanol–water partition coefficient (Wildman–Crippen LogP) is 3.50. The highest BCUT2D eigenvalue weighted by Crippen LogP contribution is 2.29. The fourth-order valence-electron chi connectivity index (χ4n) is 1.90. The zero-order valence-electron chi connectivity index (χ0n) is 12.4. The Balaban J connectivity index is 2.77. The molecule has 0 aliphatic carbocycles. The van der Waals surface area contributed by atoms with Crippen molar-refractivity contribution in [3.05, 3.63) is 23.8 Å². The maximum atomic E-state index is 5.91. The van der Waals surface area contributed by atoms with Gasteiger partial charge in [-0.15, -0.1) is 0 Å². The van der Waals surface area contributed by atoms with Crippen LogP contribution in [0.4, 0.5) is 0 Å². The molecule has 0 amide bonds. The quantitative estimate of drug-likeness (QED) is 0.703. The first-order valence-corrected chi connectivity index (χ1v) is 8.00. The molecular formula is C15H25NO2S. The molecule has 1 rings (SSSR count). The zero-order valence-corrected chi connectivity index (χ0v) is 13.2. The molecule has 1 unspecified atom stereocenters. The van der Waals surface area contributed by atoms with Crippen LogP contribution in [0.15, 0.2) is 18.2 Å². The lowest BCUT2D eigenvalue weighted by Crippen LogP contribution is -2.18. The maximum Gasteiger partial charge on any atom is 0.127 e. The van der Waals surface area contributed by atoms with E-state index in [0.717, 1.165) is 36.2 Å². The van der Waals surface area contributed by atoms with Crippen molar-refractivity contribution in [2.24, 2.45) is 0 Å². The number of hydrogen-bond donors (Lipinski definition) is 1. The zero-order chi connectivity index (χ0) is 14.1. The Morgan fingerprint density at radius 2 is 2.11 bits per heavy atom. The van der Waals surface area contributed by atoms with Gasteiger partial charge in [-0.1, -0.05) is 19.9 Å². The average Bonchev–Trinajstić information content (AvgIpc) is 2.43. The number of rotatable bonds is 9. The van der Waals surface area contributed by atoms with E-state index in [1.54, 1.807) is 7.11 Å². The van der Waals surface area contributed by atoms with E-state index in [0.29, 0.717) is 0 Å². The van der Waals surface area contributed by atoms with Gasteiger partial charge in [0.05, 0.1) is 13.7 Å². The van der Waals surface area contributed by atoms with Gasteiger partial charge in [0.1, 0.15) is 11.5 Å². The summed E-state index contributed by atoms with van der Waals surface area (Å²) >= 11 is 1.89. The molecule has 1 N–H and O–H groups in total. The Morgan fingerprint density at radius 3 is 2.74 bits per heavy atom. The van der Waals surface area contributed by atoms with E-state index in [1.165, 1.54) is 5.56 Å². The lowest BCUT2D eigenvalue weighted by Gasteiger charge is -2.18. The van der Waals surface area contributed by atoms with E-state index in [1.807, 2.05) is 23.9 Å². The summed E-state index contributed by atoms with van der Waals surface area (Å²) in [4.78, 5) is 0. The molecule has 0 aromatic heterocycles. The molecule has 0 saturated carbocycles. The minimum absolute atomic E-state index is 0.282. The molecular weight excluding hydrogens is 258 g/mol. The van der Waals surface area contributed by atoms with Gasteiger partial charge in [-0.05, 0) is 25.3 Å². The van der Waals surface area contributed by atoms with Gasteiger partial charge >= 0.3 is 0 Å². The maximum absolute atomic E-state index is 5.91. The summed E-state index contributed by atoms with van der Waals surface area (Å²) in [5.41, 5.74) is 1.18. The highest BCUT2D eigenvalue weighted by atomic mass is 32.2. The number of benzene rings is 1. The molecule has 0 saturated heterocycles. The van der Waals surface area contributed by atoms with Crippen molar-refractivity contribution in [1.29, 1.82) is 0 Å². The Bertz CT molecular complexity index is 371. The molecule has 0 aliphatic rings. The molecule has 0 fully saturated rings. The first-order valence-electron chi connectivity index (χ1n) is 6.84. The first kappa shape index (κ1) is 16.2. The van der Waals surface area contributed by atoms with Crippen LogP contribution in [0.25, 0.3) is 0 Å². The van der Waals surface area contributed by atoms with E-state index >= 15 is 0 Å². The summed E-state index contributed by atoms with van der Waals surface area (Å²) in [6.07, 6.45) is 0. The number of ether oxygens (including phenoxy) is 2. The normalized spacial score (nSPS) is 12.2. The van der Waals surface area contributed by atoms with Gasteiger partial charge in [0.2, 0.25) is 0 Å². The van der Waals surface area contributed by atoms with Gasteiger partial charge < -0.3 is 14.8 Å². The van der Waals surface area contributed by atoms with Crippen molar-refractivity contribution >= 4 is 11.8 Å². The van der Waals surface area contributed by atoms with Crippen LogP contribution in [-0.2, 0) is 0 Å². The molecule has 0 heterocycles. The summed E-state index contributed by atoms with van der Waals surface area (Å²) in [6, 6.07) is 6.31. The predicted molar refractivity (Wildman–Crippen MR) is 83.6 cm³/mol. The van der Waals surface area contributed by atoms with Gasteiger partial charge in [0.15, 0.2) is 0 Å². The summed E-state index contributed by atoms with van der Waals surface area (Å²) < 4.78 is 11.2. The second-order valence-electron chi connectivity index (χ2n) is 4.23. The van der Waals surface area contributed by atoms with Crippen molar-refractivity contribution in [1.82, 2.24) is 5.32 Å². The molecule has 0 radical (unpaired) electrons. The number of methoxy groups -OCH3 is 1. The first-order chi connectivity index (χ1) is 9.22. The van der Waals surface area contributed by atoms with Gasteiger partial charge in [0, 0.05) is 23.4 Å². The molecule has 3 nitrogen and oxygen atoms in total. The highest BCUT2D eigenvalue weighted by molar-refractivity contribution is 7.99. The van der Waals surface area contributed by atoms with Crippen LogP contribution in [0.5, 0.6) is 11.5 Å². The fraction of sp³-hybridized carbons (Fsp3) is 0.600. The Morgan fingerprint density at radius 1 is 1.32 bits per heavy atom. The molecule has 4 heteroatoms. The minimum atomic E-state index is 0.282. The molecule has 1 aromatic carbocycles. The molecule has 108 valence electrons. The minimum Gasteiger partial charge on any atom is -0.497 e. The highest BCUT2D eigenvalue weighted by Gasteiger charge is 2.12. The lowest BCUT2D eigenvalue weighted by atomic mass is 10.1. The van der Waals surface area contributed by atoms with Crippen LogP contribution >= 0.6 is 11.8 Å². The topological polar surface area (TPSA) is 30.5 Å². The molecule has 0 spiro atoms. The fourth-order valence-corrected chi connectivity index (χ4v) is 2.39. The van der Waals surface area contributed by atoms with E-state index in [-0.39, 0.29) is 6.04 Å². The lowest BCUT2D eigenvalue weighted by molar-refractivity contribution is 0.332. The summed E-state index contributed by atoms with van der Waals surface area (Å²) in [5, 5.41) is 3.42. The molecule has 1 aromatic rings. The van der Waals surface area contributed by atoms with E-state index in [4.69, 9.17) is 9.47 Å². The van der Waals surface area contributed by atoms with Crippen molar-refractivity contribution in [2.75, 3.05) is 31.8 Å². The van der Waals surface area contributed by atoms with Crippen LogP contribution in [0.3, 0.4) is 0 Å². The Kier molecular flexibility index (Phi) is 7.75. The summed E-state index contributed by atoms with van der Waals surface area (Å²) in [5.74, 6) is 3.90. The molecule has 19 heavy (non-hydrogen) atoms. The summed E-state index contributed by atoms with van der Waals surface area (Å²) in [6.45, 7) is 8.10. The third-order valence-electron chi connectivity index (χ3n) is 2.89. The smallest absolute Gasteiger partial charge is 0.127 e. The number of thioether (sulfide) groups is 1. The van der Waals surface area contributed by atoms with E-state index in [9.17, 15) is 0 Å². The third kappa shape index (κ3) is 5.33. The molecule has 0 aliphatic heterocycles. The average molecular weight is 283 g/mol. The van der Waals surface area contributed by atoms with Gasteiger partial charge in [-0.3, -0.25) is 0 Å². The Hall–Kier alpha value is -0.870. The third-order valence-corrected chi connectivity index (χ3v) is 3.75. The Labute approximate surface area is 121 Å². The van der Waals surface area contributed by atoms with E-state index in [2.05, 4.69) is 32.2 Å². The van der Waals surface area contributed by atoms with Crippen molar-refractivity contribution < 1.29 is 9.47 Å². The molecule has 1 atom stereocenters. The molecule has 0 bridgehead atoms. The van der Waals surface area contributed by atoms with Gasteiger partial charge in [-0.2, -0.15) is 11.8 Å².